The van der Waals surface area contributed by atoms with E-state index < -0.39 is 27.4 Å². The molecule has 0 fully saturated rings. The molecule has 5 N–H and O–H groups in total. The second-order valence-corrected chi connectivity index (χ2v) is 6.60. The number of rotatable bonds is 7. The van der Waals surface area contributed by atoms with E-state index >= 15 is 0 Å². The van der Waals surface area contributed by atoms with Crippen molar-refractivity contribution in [3.05, 3.63) is 17.7 Å². The van der Waals surface area contributed by atoms with E-state index in [1.165, 1.54) is 14.0 Å². The molecule has 0 amide bonds. The van der Waals surface area contributed by atoms with Crippen molar-refractivity contribution in [3.63, 3.8) is 0 Å². The Morgan fingerprint density at radius 1 is 1.54 bits per heavy atom. The van der Waals surface area contributed by atoms with Crippen molar-refractivity contribution in [2.24, 2.45) is 10.8 Å². The van der Waals surface area contributed by atoms with Crippen LogP contribution in [0.15, 0.2) is 22.1 Å². The Hall–Kier alpha value is -3.13. The molecule has 1 aromatic rings. The number of nitrogens with two attached hydrogens (primary N) is 1. The third-order valence-electron chi connectivity index (χ3n) is 2.90. The maximum atomic E-state index is 12.2. The lowest BCUT2D eigenvalue weighted by atomic mass is 10.2. The lowest BCUT2D eigenvalue weighted by molar-refractivity contribution is 0.0693. The normalized spacial score (nSPS) is 11.5. The van der Waals surface area contributed by atoms with E-state index in [-0.39, 0.29) is 27.6 Å². The Balaban J connectivity index is 3.61. The number of carboxylic acids is 1. The molecule has 0 unspecified atom stereocenters. The minimum Gasteiger partial charge on any atom is -0.496 e. The summed E-state index contributed by atoms with van der Waals surface area (Å²) in [5.74, 6) is -2.36. The van der Waals surface area contributed by atoms with Crippen LogP contribution in [0.25, 0.3) is 0 Å². The molecule has 11 heteroatoms. The van der Waals surface area contributed by atoms with E-state index in [1.807, 2.05) is 0 Å². The van der Waals surface area contributed by atoms with Gasteiger partial charge in [0.1, 0.15) is 17.4 Å². The van der Waals surface area contributed by atoms with Crippen LogP contribution in [0.4, 0.5) is 5.69 Å². The molecule has 128 valence electrons. The number of carbonyl (C=O) groups is 1. The Morgan fingerprint density at radius 2 is 2.17 bits per heavy atom. The molecule has 0 saturated carbocycles. The van der Waals surface area contributed by atoms with Crippen LogP contribution < -0.4 is 15.9 Å². The standard InChI is InChI=1S/C13H15N5O5S/c1-3-24(21,22)11-4-7(13(19)20)10(23-2)5-8(11)17-18-9(6-14)12(15)16/h4-5,17H,3H2,1-2H3,(H3,15,16)(H,19,20)/b18-9+. The van der Waals surface area contributed by atoms with E-state index in [2.05, 4.69) is 10.5 Å². The van der Waals surface area contributed by atoms with E-state index in [4.69, 9.17) is 26.2 Å². The average molecular weight is 353 g/mol. The lowest BCUT2D eigenvalue weighted by Gasteiger charge is -2.13. The first-order chi connectivity index (χ1) is 11.2. The SMILES string of the molecule is CCS(=O)(=O)c1cc(C(=O)O)c(OC)cc1N/N=C(\C#N)C(=N)N. The van der Waals surface area contributed by atoms with Crippen LogP contribution in [0.5, 0.6) is 5.75 Å². The van der Waals surface area contributed by atoms with Crippen LogP contribution in [0.2, 0.25) is 0 Å². The maximum Gasteiger partial charge on any atom is 0.339 e. The Morgan fingerprint density at radius 3 is 2.58 bits per heavy atom. The number of benzene rings is 1. The molecule has 0 spiro atoms. The van der Waals surface area contributed by atoms with Gasteiger partial charge >= 0.3 is 5.97 Å². The Labute approximate surface area is 138 Å². The van der Waals surface area contributed by atoms with Gasteiger partial charge in [0, 0.05) is 6.07 Å². The zero-order chi connectivity index (χ0) is 18.5. The molecule has 0 atom stereocenters. The first kappa shape index (κ1) is 18.9. The molecule has 1 aromatic carbocycles. The molecule has 0 bridgehead atoms. The van der Waals surface area contributed by atoms with Crippen molar-refractivity contribution >= 4 is 33.0 Å². The summed E-state index contributed by atoms with van der Waals surface area (Å²) >= 11 is 0. The number of carboxylic acid groups (broad SMARTS) is 1. The molecule has 0 saturated heterocycles. The van der Waals surface area contributed by atoms with Crippen molar-refractivity contribution in [3.8, 4) is 11.8 Å². The number of hydrazone groups is 1. The molecular weight excluding hydrogens is 338 g/mol. The van der Waals surface area contributed by atoms with Crippen molar-refractivity contribution in [1.82, 2.24) is 0 Å². The van der Waals surface area contributed by atoms with Crippen LogP contribution in [0, 0.1) is 16.7 Å². The number of hydrogen-bond donors (Lipinski definition) is 4. The predicted molar refractivity (Wildman–Crippen MR) is 86.3 cm³/mol. The van der Waals surface area contributed by atoms with Gasteiger partial charge in [0.2, 0.25) is 5.71 Å². The molecule has 0 radical (unpaired) electrons. The number of nitrogens with one attached hydrogen (secondary N) is 2. The van der Waals surface area contributed by atoms with Gasteiger partial charge in [0.25, 0.3) is 0 Å². The highest BCUT2D eigenvalue weighted by molar-refractivity contribution is 7.91. The zero-order valence-electron chi connectivity index (χ0n) is 12.8. The van der Waals surface area contributed by atoms with Crippen LogP contribution in [-0.4, -0.2) is 43.9 Å². The summed E-state index contributed by atoms with van der Waals surface area (Å²) in [5.41, 5.74) is 6.56. The van der Waals surface area contributed by atoms with Gasteiger partial charge in [-0.2, -0.15) is 10.4 Å². The number of methoxy groups -OCH3 is 1. The first-order valence-corrected chi connectivity index (χ1v) is 8.09. The van der Waals surface area contributed by atoms with Crippen LogP contribution in [-0.2, 0) is 9.84 Å². The van der Waals surface area contributed by atoms with Gasteiger partial charge in [-0.15, -0.1) is 0 Å². The third-order valence-corrected chi connectivity index (χ3v) is 4.66. The maximum absolute atomic E-state index is 12.2. The highest BCUT2D eigenvalue weighted by atomic mass is 32.2. The molecule has 1 rings (SSSR count). The largest absolute Gasteiger partial charge is 0.496 e. The number of aromatic carboxylic acids is 1. The fourth-order valence-electron chi connectivity index (χ4n) is 1.66. The Bertz CT molecular complexity index is 854. The molecule has 10 nitrogen and oxygen atoms in total. The van der Waals surface area contributed by atoms with Gasteiger partial charge in [0.05, 0.1) is 23.4 Å². The van der Waals surface area contributed by atoms with Gasteiger partial charge in [-0.1, -0.05) is 6.92 Å². The second-order valence-electron chi connectivity index (χ2n) is 4.35. The summed E-state index contributed by atoms with van der Waals surface area (Å²) in [5, 5.41) is 28.7. The summed E-state index contributed by atoms with van der Waals surface area (Å²) < 4.78 is 29.3. The highest BCUT2D eigenvalue weighted by Gasteiger charge is 2.23. The lowest BCUT2D eigenvalue weighted by Crippen LogP contribution is -2.22. The number of amidine groups is 1. The summed E-state index contributed by atoms with van der Waals surface area (Å²) in [6.45, 7) is 1.39. The number of sulfone groups is 1. The minimum absolute atomic E-state index is 0.100. The summed E-state index contributed by atoms with van der Waals surface area (Å²) in [6.07, 6.45) is 0. The van der Waals surface area contributed by atoms with Gasteiger partial charge < -0.3 is 15.6 Å². The highest BCUT2D eigenvalue weighted by Crippen LogP contribution is 2.31. The zero-order valence-corrected chi connectivity index (χ0v) is 13.6. The van der Waals surface area contributed by atoms with Crippen molar-refractivity contribution in [2.75, 3.05) is 18.3 Å². The molecule has 0 heterocycles. The quantitative estimate of drug-likeness (QED) is 0.309. The van der Waals surface area contributed by atoms with Crippen molar-refractivity contribution in [1.29, 1.82) is 10.7 Å². The molecule has 0 aromatic heterocycles. The molecular formula is C13H15N5O5S. The van der Waals surface area contributed by atoms with E-state index in [9.17, 15) is 13.2 Å². The first-order valence-electron chi connectivity index (χ1n) is 6.44. The number of nitriles is 1. The van der Waals surface area contributed by atoms with Gasteiger partial charge in [-0.25, -0.2) is 13.2 Å². The van der Waals surface area contributed by atoms with Gasteiger partial charge in [0.15, 0.2) is 15.7 Å². The van der Waals surface area contributed by atoms with Crippen molar-refractivity contribution in [2.45, 2.75) is 11.8 Å². The topological polar surface area (TPSA) is 179 Å². The summed E-state index contributed by atoms with van der Waals surface area (Å²) in [4.78, 5) is 10.9. The van der Waals surface area contributed by atoms with E-state index in [1.54, 1.807) is 6.07 Å². The van der Waals surface area contributed by atoms with Crippen LogP contribution in [0.3, 0.4) is 0 Å². The monoisotopic (exact) mass is 353 g/mol. The summed E-state index contributed by atoms with van der Waals surface area (Å²) in [7, 11) is -2.58. The van der Waals surface area contributed by atoms with E-state index in [0.717, 1.165) is 12.1 Å². The average Bonchev–Trinajstić information content (AvgIpc) is 2.53. The fourth-order valence-corrected chi connectivity index (χ4v) is 2.71. The van der Waals surface area contributed by atoms with E-state index in [0.29, 0.717) is 0 Å². The summed E-state index contributed by atoms with van der Waals surface area (Å²) in [6, 6.07) is 3.64. The smallest absolute Gasteiger partial charge is 0.339 e. The number of ether oxygens (including phenoxy) is 1. The molecule has 24 heavy (non-hydrogen) atoms. The number of nitrogens with zero attached hydrogens (tertiary/aromatic N) is 2. The van der Waals surface area contributed by atoms with Crippen molar-refractivity contribution < 1.29 is 23.1 Å². The molecule has 0 aliphatic heterocycles. The third kappa shape index (κ3) is 3.99. The second kappa shape index (κ2) is 7.42. The molecule has 0 aliphatic carbocycles. The van der Waals surface area contributed by atoms with Crippen LogP contribution >= 0.6 is 0 Å². The van der Waals surface area contributed by atoms with Crippen LogP contribution in [0.1, 0.15) is 17.3 Å². The molecule has 0 aliphatic rings. The Kier molecular flexibility index (Phi) is 5.85. The predicted octanol–water partition coefficient (Wildman–Crippen LogP) is 0.414. The number of anilines is 1. The van der Waals surface area contributed by atoms with Gasteiger partial charge in [-0.05, 0) is 6.07 Å². The minimum atomic E-state index is -3.80. The number of hydrogen-bond acceptors (Lipinski definition) is 8. The fraction of sp³-hybridized carbons (Fsp3) is 0.231. The van der Waals surface area contributed by atoms with Gasteiger partial charge in [-0.3, -0.25) is 10.8 Å².